The average Bonchev–Trinajstić information content (AvgIpc) is 3.77. The van der Waals surface area contributed by atoms with Crippen LogP contribution in [0.4, 0.5) is 5.69 Å². The minimum absolute atomic E-state index is 0.0214. The third-order valence-electron chi connectivity index (χ3n) is 9.76. The van der Waals surface area contributed by atoms with Crippen LogP contribution in [0.25, 0.3) is 94.7 Å². The summed E-state index contributed by atoms with van der Waals surface area (Å²) in [5.74, 6) is 1.64. The second-order valence-electron chi connectivity index (χ2n) is 12.9. The molecule has 8 heteroatoms. The number of aromatic nitrogens is 4. The highest BCUT2D eigenvalue weighted by Gasteiger charge is 2.22. The zero-order chi connectivity index (χ0) is 35.5. The first-order valence-electron chi connectivity index (χ1n) is 17.2. The third-order valence-corrected chi connectivity index (χ3v) is 9.76. The number of para-hydroxylation sites is 2. The van der Waals surface area contributed by atoms with Crippen molar-refractivity contribution in [3.8, 4) is 51.0 Å². The number of hydrogen-bond acceptors (Lipinski definition) is 6. The number of nitrogens with zero attached hydrogens (tertiary/aromatic N) is 5. The lowest BCUT2D eigenvalue weighted by Crippen LogP contribution is -2.02. The van der Waals surface area contributed by atoms with Gasteiger partial charge in [-0.3, -0.25) is 10.1 Å². The van der Waals surface area contributed by atoms with Gasteiger partial charge < -0.3 is 8.98 Å². The average molecular weight is 686 g/mol. The van der Waals surface area contributed by atoms with E-state index in [1.807, 2.05) is 97.1 Å². The smallest absolute Gasteiger partial charge is 0.269 e. The van der Waals surface area contributed by atoms with E-state index < -0.39 is 0 Å². The number of furan rings is 1. The van der Waals surface area contributed by atoms with E-state index in [-0.39, 0.29) is 10.6 Å². The summed E-state index contributed by atoms with van der Waals surface area (Å²) in [6, 6.07) is 53.3. The van der Waals surface area contributed by atoms with E-state index in [1.54, 1.807) is 24.3 Å². The van der Waals surface area contributed by atoms with E-state index in [9.17, 15) is 10.1 Å². The van der Waals surface area contributed by atoms with Crippen molar-refractivity contribution in [2.45, 2.75) is 0 Å². The van der Waals surface area contributed by atoms with Crippen molar-refractivity contribution in [2.75, 3.05) is 0 Å². The molecule has 0 radical (unpaired) electrons. The van der Waals surface area contributed by atoms with Crippen molar-refractivity contribution in [1.82, 2.24) is 19.5 Å². The van der Waals surface area contributed by atoms with Gasteiger partial charge in [-0.1, -0.05) is 97.1 Å². The number of non-ortho nitro benzene ring substituents is 1. The Kier molecular flexibility index (Phi) is 6.94. The topological polar surface area (TPSA) is 99.9 Å². The highest BCUT2D eigenvalue weighted by Crippen LogP contribution is 2.43. The highest BCUT2D eigenvalue weighted by molar-refractivity contribution is 6.24. The largest absolute Gasteiger partial charge is 0.455 e. The van der Waals surface area contributed by atoms with Crippen LogP contribution in [0.1, 0.15) is 0 Å². The number of nitro groups is 1. The van der Waals surface area contributed by atoms with Gasteiger partial charge in [-0.15, -0.1) is 0 Å². The van der Waals surface area contributed by atoms with E-state index in [0.29, 0.717) is 17.5 Å². The first-order valence-corrected chi connectivity index (χ1v) is 17.2. The minimum Gasteiger partial charge on any atom is -0.455 e. The van der Waals surface area contributed by atoms with Crippen molar-refractivity contribution in [1.29, 1.82) is 0 Å². The Morgan fingerprint density at radius 2 is 1.09 bits per heavy atom. The highest BCUT2D eigenvalue weighted by atomic mass is 16.6. The molecule has 10 rings (SSSR count). The molecule has 7 aromatic carbocycles. The van der Waals surface area contributed by atoms with Crippen LogP contribution in [-0.4, -0.2) is 24.4 Å². The van der Waals surface area contributed by atoms with E-state index >= 15 is 0 Å². The molecule has 0 amide bonds. The monoisotopic (exact) mass is 685 g/mol. The summed E-state index contributed by atoms with van der Waals surface area (Å²) >= 11 is 0. The van der Waals surface area contributed by atoms with Crippen LogP contribution in [-0.2, 0) is 0 Å². The molecule has 0 spiro atoms. The molecule has 0 bridgehead atoms. The van der Waals surface area contributed by atoms with E-state index in [2.05, 4.69) is 47.0 Å². The van der Waals surface area contributed by atoms with Crippen molar-refractivity contribution < 1.29 is 9.34 Å². The maximum atomic E-state index is 11.7. The van der Waals surface area contributed by atoms with Gasteiger partial charge in [-0.05, 0) is 60.2 Å². The normalized spacial score (nSPS) is 11.5. The molecule has 0 N–H and O–H groups in total. The lowest BCUT2D eigenvalue weighted by atomic mass is 9.99. The first kappa shape index (κ1) is 30.4. The van der Waals surface area contributed by atoms with Crippen LogP contribution < -0.4 is 0 Å². The van der Waals surface area contributed by atoms with Gasteiger partial charge in [0.25, 0.3) is 5.69 Å². The molecule has 0 aliphatic rings. The summed E-state index contributed by atoms with van der Waals surface area (Å²) in [5, 5.41) is 15.9. The van der Waals surface area contributed by atoms with Crippen LogP contribution in [0.15, 0.2) is 168 Å². The zero-order valence-electron chi connectivity index (χ0n) is 28.0. The van der Waals surface area contributed by atoms with E-state index in [4.69, 9.17) is 19.4 Å². The fourth-order valence-corrected chi connectivity index (χ4v) is 7.30. The van der Waals surface area contributed by atoms with Crippen molar-refractivity contribution in [3.05, 3.63) is 174 Å². The zero-order valence-corrected chi connectivity index (χ0v) is 28.0. The molecular weight excluding hydrogens is 659 g/mol. The van der Waals surface area contributed by atoms with Crippen molar-refractivity contribution in [3.63, 3.8) is 0 Å². The summed E-state index contributed by atoms with van der Waals surface area (Å²) in [6.07, 6.45) is 0. The number of rotatable bonds is 6. The van der Waals surface area contributed by atoms with Crippen LogP contribution in [0.5, 0.6) is 0 Å². The molecule has 8 nitrogen and oxygen atoms in total. The van der Waals surface area contributed by atoms with Gasteiger partial charge >= 0.3 is 0 Å². The Hall–Kier alpha value is -7.45. The molecule has 0 aliphatic carbocycles. The molecule has 250 valence electrons. The molecule has 0 saturated carbocycles. The van der Waals surface area contributed by atoms with Gasteiger partial charge in [-0.25, -0.2) is 15.0 Å². The fraction of sp³-hybridized carbons (Fsp3) is 0. The lowest BCUT2D eigenvalue weighted by Gasteiger charge is -2.16. The second-order valence-corrected chi connectivity index (χ2v) is 12.9. The molecule has 10 aromatic rings. The Morgan fingerprint density at radius 3 is 1.77 bits per heavy atom. The van der Waals surface area contributed by atoms with E-state index in [0.717, 1.165) is 77.2 Å². The molecule has 0 saturated heterocycles. The predicted octanol–water partition coefficient (Wildman–Crippen LogP) is 11.4. The standard InChI is InChI=1S/C45H27N5O3/c51-50(52)32-22-19-28(20-23-32)36-27-31(45-47-43(29-11-3-1-4-12-29)46-44(48-45)30-13-5-2-6-14-30)21-25-38(36)49-37-17-9-7-16-35(37)41-39(49)26-24-34-33-15-8-10-18-40(33)53-42(34)41/h1-27H. The maximum absolute atomic E-state index is 11.7. The summed E-state index contributed by atoms with van der Waals surface area (Å²) in [6.45, 7) is 0. The molecule has 53 heavy (non-hydrogen) atoms. The number of hydrogen-bond donors (Lipinski definition) is 0. The van der Waals surface area contributed by atoms with Gasteiger partial charge in [0.05, 0.1) is 27.0 Å². The molecule has 0 unspecified atom stereocenters. The SMILES string of the molecule is O=[N+]([O-])c1ccc(-c2cc(-c3nc(-c4ccccc4)nc(-c4ccccc4)n3)ccc2-n2c3ccccc3c3c4oc5ccccc5c4ccc32)cc1. The predicted molar refractivity (Wildman–Crippen MR) is 210 cm³/mol. The Labute approximate surface area is 302 Å². The van der Waals surface area contributed by atoms with Crippen LogP contribution in [0, 0.1) is 10.1 Å². The first-order chi connectivity index (χ1) is 26.1. The van der Waals surface area contributed by atoms with Gasteiger partial charge in [0.15, 0.2) is 17.5 Å². The molecule has 0 fully saturated rings. The summed E-state index contributed by atoms with van der Waals surface area (Å²) < 4.78 is 8.79. The van der Waals surface area contributed by atoms with Crippen LogP contribution in [0.2, 0.25) is 0 Å². The summed E-state index contributed by atoms with van der Waals surface area (Å²) in [7, 11) is 0. The third kappa shape index (κ3) is 5.04. The maximum Gasteiger partial charge on any atom is 0.269 e. The fourth-order valence-electron chi connectivity index (χ4n) is 7.30. The second kappa shape index (κ2) is 12.1. The van der Waals surface area contributed by atoms with Gasteiger partial charge in [-0.2, -0.15) is 0 Å². The number of nitro benzene ring substituents is 1. The molecular formula is C45H27N5O3. The Morgan fingerprint density at radius 1 is 0.509 bits per heavy atom. The molecule has 0 atom stereocenters. The molecule has 0 aliphatic heterocycles. The van der Waals surface area contributed by atoms with Gasteiger partial charge in [0.2, 0.25) is 0 Å². The lowest BCUT2D eigenvalue weighted by molar-refractivity contribution is -0.384. The molecule has 3 heterocycles. The van der Waals surface area contributed by atoms with Gasteiger partial charge in [0.1, 0.15) is 11.2 Å². The van der Waals surface area contributed by atoms with Crippen molar-refractivity contribution >= 4 is 49.4 Å². The number of benzene rings is 7. The summed E-state index contributed by atoms with van der Waals surface area (Å²) in [5.41, 5.74) is 8.76. The van der Waals surface area contributed by atoms with Crippen LogP contribution >= 0.6 is 0 Å². The Bertz CT molecular complexity index is 2970. The Balaban J connectivity index is 1.24. The number of fused-ring (bicyclic) bond motifs is 7. The van der Waals surface area contributed by atoms with Crippen molar-refractivity contribution in [2.24, 2.45) is 0 Å². The van der Waals surface area contributed by atoms with Gasteiger partial charge in [0, 0.05) is 50.5 Å². The summed E-state index contributed by atoms with van der Waals surface area (Å²) in [4.78, 5) is 26.1. The van der Waals surface area contributed by atoms with E-state index in [1.165, 1.54) is 0 Å². The minimum atomic E-state index is -0.381. The quantitative estimate of drug-likeness (QED) is 0.128. The van der Waals surface area contributed by atoms with Crippen LogP contribution in [0.3, 0.4) is 0 Å². The molecule has 3 aromatic heterocycles.